The molecule has 0 spiro atoms. The Balaban J connectivity index is 0.00000144. The molecule has 0 radical (unpaired) electrons. The normalized spacial score (nSPS) is 19.6. The number of hydrogen-bond acceptors (Lipinski definition) is 3. The Morgan fingerprint density at radius 3 is 2.75 bits per heavy atom. The Bertz CT molecular complexity index is 674. The third-order valence-corrected chi connectivity index (χ3v) is 4.60. The fraction of sp³-hybridized carbons (Fsp3) is 0.529. The molecule has 2 aromatic rings. The van der Waals surface area contributed by atoms with Gasteiger partial charge in [-0.25, -0.2) is 4.98 Å². The fourth-order valence-corrected chi connectivity index (χ4v) is 3.28. The van der Waals surface area contributed by atoms with Crippen LogP contribution in [0.5, 0.6) is 0 Å². The first-order valence-electron chi connectivity index (χ1n) is 8.09. The monoisotopic (exact) mass is 372 g/mol. The number of fused-ring (bicyclic) bond motifs is 1. The van der Waals surface area contributed by atoms with Crippen molar-refractivity contribution in [3.8, 4) is 0 Å². The van der Waals surface area contributed by atoms with Gasteiger partial charge >= 0.3 is 0 Å². The number of carbonyl (C=O) groups is 1. The molecule has 2 atom stereocenters. The van der Waals surface area contributed by atoms with E-state index in [-0.39, 0.29) is 42.7 Å². The van der Waals surface area contributed by atoms with Crippen molar-refractivity contribution in [2.24, 2.45) is 18.7 Å². The molecular formula is C17H26Cl2N4O. The van der Waals surface area contributed by atoms with E-state index in [2.05, 4.69) is 20.9 Å². The number of rotatable bonds is 5. The molecule has 5 nitrogen and oxygen atoms in total. The summed E-state index contributed by atoms with van der Waals surface area (Å²) in [5.74, 6) is 1.35. The van der Waals surface area contributed by atoms with Crippen LogP contribution in [0.1, 0.15) is 31.5 Å². The van der Waals surface area contributed by atoms with Crippen molar-refractivity contribution in [3.05, 3.63) is 30.1 Å². The molecule has 1 saturated carbocycles. The maximum Gasteiger partial charge on any atom is 0.223 e. The van der Waals surface area contributed by atoms with Gasteiger partial charge in [-0.2, -0.15) is 0 Å². The second-order valence-electron chi connectivity index (χ2n) is 6.24. The lowest BCUT2D eigenvalue weighted by atomic mass is 10.1. The summed E-state index contributed by atoms with van der Waals surface area (Å²) in [6, 6.07) is 8.35. The number of imidazole rings is 1. The molecule has 134 valence electrons. The van der Waals surface area contributed by atoms with Gasteiger partial charge in [0.15, 0.2) is 0 Å². The molecule has 24 heavy (non-hydrogen) atoms. The molecular weight excluding hydrogens is 347 g/mol. The molecule has 7 heteroatoms. The summed E-state index contributed by atoms with van der Waals surface area (Å²) < 4.78 is 2.13. The zero-order chi connectivity index (χ0) is 15.5. The third-order valence-electron chi connectivity index (χ3n) is 4.60. The number of nitrogens with one attached hydrogen (secondary N) is 1. The number of nitrogens with two attached hydrogens (primary N) is 1. The minimum absolute atomic E-state index is 0. The molecule has 0 aliphatic heterocycles. The highest BCUT2D eigenvalue weighted by Gasteiger charge is 2.27. The maximum absolute atomic E-state index is 12.0. The summed E-state index contributed by atoms with van der Waals surface area (Å²) in [5.41, 5.74) is 8.04. The first kappa shape index (κ1) is 20.7. The number of aryl methyl sites for hydroxylation is 2. The number of halogens is 2. The minimum atomic E-state index is 0. The number of nitrogens with zero attached hydrogens (tertiary/aromatic N) is 2. The van der Waals surface area contributed by atoms with Crippen LogP contribution in [0.15, 0.2) is 24.3 Å². The summed E-state index contributed by atoms with van der Waals surface area (Å²) in [6.45, 7) is 0.702. The second-order valence-corrected chi connectivity index (χ2v) is 6.24. The molecule has 1 aliphatic carbocycles. The minimum Gasteiger partial charge on any atom is -0.356 e. The molecule has 1 heterocycles. The maximum atomic E-state index is 12.0. The number of amides is 1. The Kier molecular flexibility index (Phi) is 8.00. The van der Waals surface area contributed by atoms with Gasteiger partial charge < -0.3 is 15.6 Å². The van der Waals surface area contributed by atoms with Gasteiger partial charge in [-0.15, -0.1) is 24.8 Å². The Hall–Kier alpha value is -1.30. The van der Waals surface area contributed by atoms with E-state index in [0.717, 1.165) is 49.0 Å². The van der Waals surface area contributed by atoms with E-state index in [9.17, 15) is 4.79 Å². The fourth-order valence-electron chi connectivity index (χ4n) is 3.28. The van der Waals surface area contributed by atoms with Crippen molar-refractivity contribution in [3.63, 3.8) is 0 Å². The van der Waals surface area contributed by atoms with E-state index in [1.54, 1.807) is 0 Å². The van der Waals surface area contributed by atoms with Crippen LogP contribution in [0, 0.1) is 5.92 Å². The summed E-state index contributed by atoms with van der Waals surface area (Å²) in [5, 5.41) is 3.04. The van der Waals surface area contributed by atoms with Crippen molar-refractivity contribution < 1.29 is 4.79 Å². The molecule has 1 fully saturated rings. The topological polar surface area (TPSA) is 72.9 Å². The Morgan fingerprint density at radius 2 is 2.08 bits per heavy atom. The number of para-hydroxylation sites is 2. The largest absolute Gasteiger partial charge is 0.356 e. The van der Waals surface area contributed by atoms with Gasteiger partial charge in [0.05, 0.1) is 11.0 Å². The average Bonchev–Trinajstić information content (AvgIpc) is 3.08. The van der Waals surface area contributed by atoms with Crippen LogP contribution < -0.4 is 11.1 Å². The van der Waals surface area contributed by atoms with Crippen LogP contribution in [-0.2, 0) is 18.3 Å². The standard InChI is InChI=1S/C17H24N4O.2ClH/c1-21-15-6-3-2-5-14(15)20-16(21)7-4-10-19-17(22)12-8-9-13(18)11-12;;/h2-3,5-6,12-13H,4,7-11,18H2,1H3,(H,19,22);2*1H. The van der Waals surface area contributed by atoms with E-state index in [4.69, 9.17) is 5.73 Å². The smallest absolute Gasteiger partial charge is 0.223 e. The SMILES string of the molecule is Cl.Cl.Cn1c(CCCNC(=O)C2CCC(N)C2)nc2ccccc21. The third kappa shape index (κ3) is 4.62. The van der Waals surface area contributed by atoms with Crippen LogP contribution >= 0.6 is 24.8 Å². The highest BCUT2D eigenvalue weighted by Crippen LogP contribution is 2.24. The number of hydrogen-bond donors (Lipinski definition) is 2. The molecule has 2 unspecified atom stereocenters. The predicted molar refractivity (Wildman–Crippen MR) is 102 cm³/mol. The van der Waals surface area contributed by atoms with Crippen LogP contribution in [0.25, 0.3) is 11.0 Å². The van der Waals surface area contributed by atoms with E-state index in [1.165, 1.54) is 0 Å². The number of aromatic nitrogens is 2. The van der Waals surface area contributed by atoms with E-state index in [0.29, 0.717) is 6.54 Å². The lowest BCUT2D eigenvalue weighted by Gasteiger charge is -2.10. The zero-order valence-electron chi connectivity index (χ0n) is 13.9. The second kappa shape index (κ2) is 9.25. The lowest BCUT2D eigenvalue weighted by Crippen LogP contribution is -2.31. The van der Waals surface area contributed by atoms with Crippen LogP contribution in [0.3, 0.4) is 0 Å². The molecule has 1 aromatic heterocycles. The highest BCUT2D eigenvalue weighted by molar-refractivity contribution is 5.85. The Labute approximate surface area is 155 Å². The number of benzene rings is 1. The van der Waals surface area contributed by atoms with E-state index in [1.807, 2.05) is 25.2 Å². The van der Waals surface area contributed by atoms with Crippen molar-refractivity contribution in [1.29, 1.82) is 0 Å². The summed E-state index contributed by atoms with van der Waals surface area (Å²) in [6.07, 6.45) is 4.50. The van der Waals surface area contributed by atoms with E-state index >= 15 is 0 Å². The molecule has 1 aromatic carbocycles. The van der Waals surface area contributed by atoms with Gasteiger partial charge in [0, 0.05) is 32.0 Å². The van der Waals surface area contributed by atoms with Gasteiger partial charge in [0.2, 0.25) is 5.91 Å². The van der Waals surface area contributed by atoms with Gasteiger partial charge in [-0.3, -0.25) is 4.79 Å². The predicted octanol–water partition coefficient (Wildman–Crippen LogP) is 2.59. The van der Waals surface area contributed by atoms with Gasteiger partial charge in [0.25, 0.3) is 0 Å². The van der Waals surface area contributed by atoms with Crippen molar-refractivity contribution in [2.75, 3.05) is 6.54 Å². The van der Waals surface area contributed by atoms with Gasteiger partial charge in [-0.05, 0) is 37.8 Å². The van der Waals surface area contributed by atoms with Crippen molar-refractivity contribution >= 4 is 41.8 Å². The molecule has 3 rings (SSSR count). The summed E-state index contributed by atoms with van der Waals surface area (Å²) >= 11 is 0. The summed E-state index contributed by atoms with van der Waals surface area (Å²) in [4.78, 5) is 16.7. The van der Waals surface area contributed by atoms with Gasteiger partial charge in [0.1, 0.15) is 5.82 Å². The highest BCUT2D eigenvalue weighted by atomic mass is 35.5. The average molecular weight is 373 g/mol. The van der Waals surface area contributed by atoms with Crippen LogP contribution in [-0.4, -0.2) is 28.0 Å². The number of carbonyl (C=O) groups excluding carboxylic acids is 1. The molecule has 3 N–H and O–H groups in total. The molecule has 0 saturated heterocycles. The molecule has 0 bridgehead atoms. The first-order valence-corrected chi connectivity index (χ1v) is 8.09. The zero-order valence-corrected chi connectivity index (χ0v) is 15.5. The molecule has 1 amide bonds. The van der Waals surface area contributed by atoms with Crippen molar-refractivity contribution in [2.45, 2.75) is 38.1 Å². The lowest BCUT2D eigenvalue weighted by molar-refractivity contribution is -0.124. The van der Waals surface area contributed by atoms with Crippen LogP contribution in [0.4, 0.5) is 0 Å². The first-order chi connectivity index (χ1) is 10.6. The van der Waals surface area contributed by atoms with E-state index < -0.39 is 0 Å². The van der Waals surface area contributed by atoms with Gasteiger partial charge in [-0.1, -0.05) is 12.1 Å². The van der Waals surface area contributed by atoms with Crippen LogP contribution in [0.2, 0.25) is 0 Å². The molecule has 1 aliphatic rings. The summed E-state index contributed by atoms with van der Waals surface area (Å²) in [7, 11) is 2.04. The quantitative estimate of drug-likeness (QED) is 0.792. The Morgan fingerprint density at radius 1 is 1.33 bits per heavy atom. The van der Waals surface area contributed by atoms with Crippen molar-refractivity contribution in [1.82, 2.24) is 14.9 Å².